The molecule has 2 atom stereocenters. The first-order chi connectivity index (χ1) is 6.86. The van der Waals surface area contributed by atoms with Crippen molar-refractivity contribution in [2.24, 2.45) is 5.92 Å². The zero-order valence-corrected chi connectivity index (χ0v) is 8.74. The molecule has 1 heterocycles. The fourth-order valence-corrected chi connectivity index (χ4v) is 3.26. The molecular formula is C13H17N. The molecule has 0 bridgehead atoms. The van der Waals surface area contributed by atoms with E-state index in [0.717, 1.165) is 11.8 Å². The Kier molecular flexibility index (Phi) is 1.79. The van der Waals surface area contributed by atoms with Crippen LogP contribution in [0.3, 0.4) is 0 Å². The van der Waals surface area contributed by atoms with E-state index in [9.17, 15) is 0 Å². The highest BCUT2D eigenvalue weighted by molar-refractivity contribution is 5.57. The van der Waals surface area contributed by atoms with Crippen molar-refractivity contribution in [2.45, 2.75) is 25.2 Å². The van der Waals surface area contributed by atoms with Crippen molar-refractivity contribution >= 4 is 5.69 Å². The highest BCUT2D eigenvalue weighted by atomic mass is 15.1. The molecule has 0 spiro atoms. The summed E-state index contributed by atoms with van der Waals surface area (Å²) in [7, 11) is 2.23. The van der Waals surface area contributed by atoms with Crippen LogP contribution in [0.15, 0.2) is 24.3 Å². The molecule has 14 heavy (non-hydrogen) atoms. The first-order valence-corrected chi connectivity index (χ1v) is 5.66. The topological polar surface area (TPSA) is 3.24 Å². The molecule has 0 saturated heterocycles. The number of nitrogens with zero attached hydrogens (tertiary/aromatic N) is 1. The monoisotopic (exact) mass is 187 g/mol. The van der Waals surface area contributed by atoms with Crippen molar-refractivity contribution in [1.29, 1.82) is 0 Å². The predicted octanol–water partition coefficient (Wildman–Crippen LogP) is 3.02. The van der Waals surface area contributed by atoms with Gasteiger partial charge in [-0.2, -0.15) is 0 Å². The fourth-order valence-electron chi connectivity index (χ4n) is 3.26. The van der Waals surface area contributed by atoms with Gasteiger partial charge in [-0.3, -0.25) is 0 Å². The molecule has 0 unspecified atom stereocenters. The molecule has 1 nitrogen and oxygen atoms in total. The van der Waals surface area contributed by atoms with Crippen molar-refractivity contribution in [3.05, 3.63) is 29.8 Å². The predicted molar refractivity (Wildman–Crippen MR) is 59.8 cm³/mol. The minimum atomic E-state index is 0.863. The number of hydrogen-bond acceptors (Lipinski definition) is 1. The van der Waals surface area contributed by atoms with Gasteiger partial charge in [0.2, 0.25) is 0 Å². The third-order valence-corrected chi connectivity index (χ3v) is 3.91. The van der Waals surface area contributed by atoms with Gasteiger partial charge in [-0.25, -0.2) is 0 Å². The van der Waals surface area contributed by atoms with E-state index >= 15 is 0 Å². The molecule has 0 N–H and O–H groups in total. The van der Waals surface area contributed by atoms with Crippen LogP contribution < -0.4 is 4.90 Å². The molecule has 2 aliphatic rings. The van der Waals surface area contributed by atoms with Crippen LogP contribution in [0.25, 0.3) is 0 Å². The lowest BCUT2D eigenvalue weighted by Crippen LogP contribution is -2.32. The van der Waals surface area contributed by atoms with Gasteiger partial charge in [0.1, 0.15) is 0 Å². The molecule has 1 aliphatic heterocycles. The van der Waals surface area contributed by atoms with E-state index in [0.29, 0.717) is 0 Å². The molecule has 1 aromatic rings. The number of benzene rings is 1. The lowest BCUT2D eigenvalue weighted by molar-refractivity contribution is 0.465. The average Bonchev–Trinajstić information content (AvgIpc) is 2.66. The second-order valence-corrected chi connectivity index (χ2v) is 4.74. The molecule has 3 rings (SSSR count). The number of anilines is 1. The second-order valence-electron chi connectivity index (χ2n) is 4.74. The van der Waals surface area contributed by atoms with E-state index < -0.39 is 0 Å². The van der Waals surface area contributed by atoms with Gasteiger partial charge < -0.3 is 4.90 Å². The summed E-state index contributed by atoms with van der Waals surface area (Å²) >= 11 is 0. The number of fused-ring (bicyclic) bond motifs is 3. The maximum Gasteiger partial charge on any atom is 0.0399 e. The standard InChI is InChI=1S/C13H17N/c1-14-9-10-5-4-7-11(10)12-6-2-3-8-13(12)14/h2-3,6,8,10-11H,4-5,7,9H2,1H3/t10-,11+/m1/s1. The van der Waals surface area contributed by atoms with E-state index in [1.165, 1.54) is 31.5 Å². The van der Waals surface area contributed by atoms with Gasteiger partial charge in [-0.1, -0.05) is 24.6 Å². The Labute approximate surface area is 85.7 Å². The van der Waals surface area contributed by atoms with Crippen molar-refractivity contribution < 1.29 is 0 Å². The van der Waals surface area contributed by atoms with Crippen molar-refractivity contribution in [3.8, 4) is 0 Å². The highest BCUT2D eigenvalue weighted by Gasteiger charge is 2.34. The van der Waals surface area contributed by atoms with E-state index in [-0.39, 0.29) is 0 Å². The Balaban J connectivity index is 2.09. The molecule has 1 aromatic carbocycles. The summed E-state index contributed by atoms with van der Waals surface area (Å²) in [5.41, 5.74) is 3.07. The van der Waals surface area contributed by atoms with Crippen LogP contribution in [0.4, 0.5) is 5.69 Å². The van der Waals surface area contributed by atoms with Gasteiger partial charge >= 0.3 is 0 Å². The Hall–Kier alpha value is -0.980. The van der Waals surface area contributed by atoms with Gasteiger partial charge in [-0.05, 0) is 36.3 Å². The van der Waals surface area contributed by atoms with Crippen LogP contribution in [0.1, 0.15) is 30.7 Å². The molecule has 1 fully saturated rings. The molecule has 0 amide bonds. The van der Waals surface area contributed by atoms with E-state index in [4.69, 9.17) is 0 Å². The van der Waals surface area contributed by atoms with Gasteiger partial charge in [0.25, 0.3) is 0 Å². The van der Waals surface area contributed by atoms with E-state index in [1.54, 1.807) is 5.56 Å². The van der Waals surface area contributed by atoms with Crippen LogP contribution in [-0.2, 0) is 0 Å². The molecular weight excluding hydrogens is 170 g/mol. The van der Waals surface area contributed by atoms with Crippen LogP contribution in [0, 0.1) is 5.92 Å². The van der Waals surface area contributed by atoms with Crippen molar-refractivity contribution in [2.75, 3.05) is 18.5 Å². The van der Waals surface area contributed by atoms with Crippen molar-refractivity contribution in [3.63, 3.8) is 0 Å². The number of para-hydroxylation sites is 1. The second kappa shape index (κ2) is 3.01. The molecule has 74 valence electrons. The SMILES string of the molecule is CN1C[C@H]2CCC[C@@H]2c2ccccc21. The largest absolute Gasteiger partial charge is 0.374 e. The molecule has 1 heteroatoms. The normalized spacial score (nSPS) is 29.9. The number of hydrogen-bond donors (Lipinski definition) is 0. The van der Waals surface area contributed by atoms with E-state index in [2.05, 4.69) is 36.2 Å². The first kappa shape index (κ1) is 8.34. The molecule has 0 aromatic heterocycles. The maximum atomic E-state index is 2.43. The van der Waals surface area contributed by atoms with E-state index in [1.807, 2.05) is 0 Å². The third kappa shape index (κ3) is 1.08. The Morgan fingerprint density at radius 3 is 3.00 bits per heavy atom. The molecule has 1 aliphatic carbocycles. The smallest absolute Gasteiger partial charge is 0.0399 e. The summed E-state index contributed by atoms with van der Waals surface area (Å²) in [6.45, 7) is 1.27. The van der Waals surface area contributed by atoms with Gasteiger partial charge in [0.15, 0.2) is 0 Å². The summed E-state index contributed by atoms with van der Waals surface area (Å²) in [5, 5.41) is 0. The summed E-state index contributed by atoms with van der Waals surface area (Å²) in [6.07, 6.45) is 4.27. The Morgan fingerprint density at radius 2 is 2.07 bits per heavy atom. The lowest BCUT2D eigenvalue weighted by Gasteiger charge is -2.36. The quantitative estimate of drug-likeness (QED) is 0.603. The minimum absolute atomic E-state index is 0.863. The lowest BCUT2D eigenvalue weighted by atomic mass is 9.84. The van der Waals surface area contributed by atoms with Crippen LogP contribution in [0.2, 0.25) is 0 Å². The minimum Gasteiger partial charge on any atom is -0.374 e. The van der Waals surface area contributed by atoms with Gasteiger partial charge in [-0.15, -0.1) is 0 Å². The number of rotatable bonds is 0. The third-order valence-electron chi connectivity index (χ3n) is 3.91. The summed E-state index contributed by atoms with van der Waals surface area (Å²) in [4.78, 5) is 2.43. The fraction of sp³-hybridized carbons (Fsp3) is 0.538. The summed E-state index contributed by atoms with van der Waals surface area (Å²) in [6, 6.07) is 8.94. The van der Waals surface area contributed by atoms with Crippen molar-refractivity contribution in [1.82, 2.24) is 0 Å². The zero-order valence-electron chi connectivity index (χ0n) is 8.74. The Morgan fingerprint density at radius 1 is 1.21 bits per heavy atom. The maximum absolute atomic E-state index is 2.43. The van der Waals surface area contributed by atoms with Crippen LogP contribution in [0.5, 0.6) is 0 Å². The zero-order chi connectivity index (χ0) is 9.54. The van der Waals surface area contributed by atoms with Gasteiger partial charge in [0, 0.05) is 19.3 Å². The highest BCUT2D eigenvalue weighted by Crippen LogP contribution is 2.46. The molecule has 1 saturated carbocycles. The van der Waals surface area contributed by atoms with Crippen LogP contribution >= 0.6 is 0 Å². The van der Waals surface area contributed by atoms with Crippen LogP contribution in [-0.4, -0.2) is 13.6 Å². The molecule has 0 radical (unpaired) electrons. The average molecular weight is 187 g/mol. The van der Waals surface area contributed by atoms with Gasteiger partial charge in [0.05, 0.1) is 0 Å². The first-order valence-electron chi connectivity index (χ1n) is 5.66. The Bertz CT molecular complexity index is 345. The summed E-state index contributed by atoms with van der Waals surface area (Å²) in [5.74, 6) is 1.79. The summed E-state index contributed by atoms with van der Waals surface area (Å²) < 4.78 is 0.